The quantitative estimate of drug-likeness (QED) is 0.191. The number of nitrogens with zero attached hydrogens (tertiary/aromatic N) is 2. The highest BCUT2D eigenvalue weighted by Gasteiger charge is 2.16. The third-order valence-corrected chi connectivity index (χ3v) is 4.22. The van der Waals surface area contributed by atoms with Crippen molar-refractivity contribution in [1.82, 2.24) is 4.98 Å². The van der Waals surface area contributed by atoms with Crippen LogP contribution in [-0.2, 0) is 14.4 Å². The van der Waals surface area contributed by atoms with Crippen molar-refractivity contribution < 1.29 is 23.8 Å². The van der Waals surface area contributed by atoms with Crippen LogP contribution >= 0.6 is 11.6 Å². The molecule has 7 nitrogen and oxygen atoms in total. The fraction of sp³-hybridized carbons (Fsp3) is 0.261. The van der Waals surface area contributed by atoms with Crippen LogP contribution in [-0.4, -0.2) is 36.0 Å². The Morgan fingerprint density at radius 1 is 1.03 bits per heavy atom. The van der Waals surface area contributed by atoms with E-state index in [-0.39, 0.29) is 13.2 Å². The molecule has 0 aliphatic carbocycles. The summed E-state index contributed by atoms with van der Waals surface area (Å²) in [5, 5.41) is 5.36. The third kappa shape index (κ3) is 6.86. The molecule has 0 amide bonds. The van der Waals surface area contributed by atoms with Crippen molar-refractivity contribution in [3.05, 3.63) is 59.6 Å². The number of carbonyl (C=O) groups excluding carboxylic acids is 1. The maximum absolute atomic E-state index is 12.0. The van der Waals surface area contributed by atoms with Gasteiger partial charge in [-0.15, -0.1) is 0 Å². The Bertz CT molecular complexity index is 1070. The lowest BCUT2D eigenvalue weighted by atomic mass is 10.2. The van der Waals surface area contributed by atoms with E-state index in [1.54, 1.807) is 43.3 Å². The van der Waals surface area contributed by atoms with Gasteiger partial charge in [-0.25, -0.2) is 9.78 Å². The maximum atomic E-state index is 12.0. The van der Waals surface area contributed by atoms with Crippen LogP contribution < -0.4 is 9.47 Å². The predicted molar refractivity (Wildman–Crippen MR) is 119 cm³/mol. The Kier molecular flexibility index (Phi) is 7.67. The topological polar surface area (TPSA) is 79.2 Å². The van der Waals surface area contributed by atoms with Gasteiger partial charge in [0.25, 0.3) is 0 Å². The molecule has 0 aliphatic heterocycles. The third-order valence-electron chi connectivity index (χ3n) is 3.98. The number of ether oxygens (including phenoxy) is 3. The molecule has 1 heterocycles. The fourth-order valence-electron chi connectivity index (χ4n) is 2.57. The number of pyridine rings is 1. The molecule has 0 radical (unpaired) electrons. The first-order valence-corrected chi connectivity index (χ1v) is 10.1. The average molecular weight is 443 g/mol. The highest BCUT2D eigenvalue weighted by molar-refractivity contribution is 6.31. The number of benzene rings is 2. The summed E-state index contributed by atoms with van der Waals surface area (Å²) >= 11 is 6.00. The Morgan fingerprint density at radius 3 is 2.52 bits per heavy atom. The van der Waals surface area contributed by atoms with E-state index in [0.717, 1.165) is 16.6 Å². The molecular weight excluding hydrogens is 420 g/mol. The SMILES string of the molecule is CC(C)=NOCCOC(=O)C(C)Oc1ccc(Oc2ccc3cc(Cl)ccc3n2)cc1. The summed E-state index contributed by atoms with van der Waals surface area (Å²) in [6.07, 6.45) is -0.767. The van der Waals surface area contributed by atoms with Crippen LogP contribution in [0, 0.1) is 0 Å². The minimum absolute atomic E-state index is 0.0983. The highest BCUT2D eigenvalue weighted by atomic mass is 35.5. The zero-order valence-electron chi connectivity index (χ0n) is 17.5. The Hall–Kier alpha value is -3.32. The smallest absolute Gasteiger partial charge is 0.347 e. The molecule has 1 aromatic heterocycles. The lowest BCUT2D eigenvalue weighted by Gasteiger charge is -2.14. The van der Waals surface area contributed by atoms with Gasteiger partial charge in [0.1, 0.15) is 18.1 Å². The van der Waals surface area contributed by atoms with Gasteiger partial charge in [0, 0.05) is 16.5 Å². The molecule has 0 bridgehead atoms. The number of hydrogen-bond acceptors (Lipinski definition) is 7. The average Bonchev–Trinajstić information content (AvgIpc) is 2.74. The molecule has 0 saturated carbocycles. The fourth-order valence-corrected chi connectivity index (χ4v) is 2.75. The van der Waals surface area contributed by atoms with Crippen molar-refractivity contribution in [3.63, 3.8) is 0 Å². The highest BCUT2D eigenvalue weighted by Crippen LogP contribution is 2.26. The van der Waals surface area contributed by atoms with Crippen LogP contribution in [0.2, 0.25) is 5.02 Å². The molecule has 2 aromatic carbocycles. The molecule has 0 fully saturated rings. The van der Waals surface area contributed by atoms with Crippen molar-refractivity contribution in [2.75, 3.05) is 13.2 Å². The molecule has 0 saturated heterocycles. The molecule has 3 aromatic rings. The van der Waals surface area contributed by atoms with Crippen LogP contribution in [0.25, 0.3) is 10.9 Å². The summed E-state index contributed by atoms with van der Waals surface area (Å²) in [6.45, 7) is 5.53. The van der Waals surface area contributed by atoms with Gasteiger partial charge >= 0.3 is 5.97 Å². The largest absolute Gasteiger partial charge is 0.479 e. The molecule has 1 atom stereocenters. The van der Waals surface area contributed by atoms with Gasteiger partial charge in [-0.05, 0) is 69.3 Å². The Labute approximate surface area is 185 Å². The molecule has 1 unspecified atom stereocenters. The normalized spacial score (nSPS) is 11.5. The van der Waals surface area contributed by atoms with E-state index in [2.05, 4.69) is 10.1 Å². The van der Waals surface area contributed by atoms with Crippen molar-refractivity contribution in [1.29, 1.82) is 0 Å². The summed E-state index contributed by atoms with van der Waals surface area (Å²) in [5.41, 5.74) is 1.58. The van der Waals surface area contributed by atoms with Gasteiger partial charge in [0.15, 0.2) is 12.7 Å². The molecule has 3 rings (SSSR count). The van der Waals surface area contributed by atoms with Gasteiger partial charge in [-0.3, -0.25) is 0 Å². The van der Waals surface area contributed by atoms with E-state index >= 15 is 0 Å². The number of rotatable bonds is 9. The summed E-state index contributed by atoms with van der Waals surface area (Å²) in [5.74, 6) is 1.08. The van der Waals surface area contributed by atoms with Gasteiger partial charge < -0.3 is 19.0 Å². The number of oxime groups is 1. The summed E-state index contributed by atoms with van der Waals surface area (Å²) < 4.78 is 16.5. The zero-order valence-corrected chi connectivity index (χ0v) is 18.3. The van der Waals surface area contributed by atoms with Crippen LogP contribution in [0.3, 0.4) is 0 Å². The molecule has 162 valence electrons. The molecule has 31 heavy (non-hydrogen) atoms. The van der Waals surface area contributed by atoms with Gasteiger partial charge in [0.05, 0.1) is 11.2 Å². The summed E-state index contributed by atoms with van der Waals surface area (Å²) in [6, 6.07) is 16.0. The number of aromatic nitrogens is 1. The molecule has 0 spiro atoms. The molecular formula is C23H23ClN2O5. The molecule has 0 aliphatic rings. The first-order chi connectivity index (χ1) is 14.9. The number of hydrogen-bond donors (Lipinski definition) is 0. The van der Waals surface area contributed by atoms with Crippen LogP contribution in [0.1, 0.15) is 20.8 Å². The minimum Gasteiger partial charge on any atom is -0.479 e. The first-order valence-electron chi connectivity index (χ1n) is 9.71. The summed E-state index contributed by atoms with van der Waals surface area (Å²) in [4.78, 5) is 21.4. The van der Waals surface area contributed by atoms with E-state index in [4.69, 9.17) is 30.6 Å². The Balaban J connectivity index is 1.51. The molecule has 8 heteroatoms. The van der Waals surface area contributed by atoms with E-state index in [0.29, 0.717) is 22.4 Å². The van der Waals surface area contributed by atoms with Gasteiger partial charge in [0.2, 0.25) is 5.88 Å². The second-order valence-corrected chi connectivity index (χ2v) is 7.30. The number of fused-ring (bicyclic) bond motifs is 1. The second kappa shape index (κ2) is 10.6. The second-order valence-electron chi connectivity index (χ2n) is 6.86. The van der Waals surface area contributed by atoms with Crippen LogP contribution in [0.4, 0.5) is 0 Å². The van der Waals surface area contributed by atoms with E-state index in [1.807, 2.05) is 32.0 Å². The monoisotopic (exact) mass is 442 g/mol. The van der Waals surface area contributed by atoms with Crippen molar-refractivity contribution in [2.24, 2.45) is 5.16 Å². The van der Waals surface area contributed by atoms with Gasteiger partial charge in [-0.1, -0.05) is 16.8 Å². The van der Waals surface area contributed by atoms with Crippen molar-refractivity contribution >= 4 is 34.2 Å². The number of carbonyl (C=O) groups is 1. The van der Waals surface area contributed by atoms with E-state index < -0.39 is 12.1 Å². The van der Waals surface area contributed by atoms with Gasteiger partial charge in [-0.2, -0.15) is 0 Å². The number of esters is 1. The van der Waals surface area contributed by atoms with Crippen LogP contribution in [0.5, 0.6) is 17.4 Å². The van der Waals surface area contributed by atoms with Crippen molar-refractivity contribution in [3.8, 4) is 17.4 Å². The predicted octanol–water partition coefficient (Wildman–Crippen LogP) is 5.40. The summed E-state index contributed by atoms with van der Waals surface area (Å²) in [7, 11) is 0. The Morgan fingerprint density at radius 2 is 1.77 bits per heavy atom. The van der Waals surface area contributed by atoms with E-state index in [1.165, 1.54) is 0 Å². The first kappa shape index (κ1) is 22.4. The lowest BCUT2D eigenvalue weighted by Crippen LogP contribution is -2.27. The lowest BCUT2D eigenvalue weighted by molar-refractivity contribution is -0.152. The zero-order chi connectivity index (χ0) is 22.2. The van der Waals surface area contributed by atoms with E-state index in [9.17, 15) is 4.79 Å². The standard InChI is InChI=1S/C23H23ClN2O5/c1-15(2)26-29-13-12-28-23(27)16(3)30-19-6-8-20(9-7-19)31-22-11-4-17-14-18(24)5-10-21(17)25-22/h4-11,14,16H,12-13H2,1-3H3. The van der Waals surface area contributed by atoms with Crippen LogP contribution in [0.15, 0.2) is 59.8 Å². The minimum atomic E-state index is -0.767. The number of halogens is 1. The van der Waals surface area contributed by atoms with Crippen molar-refractivity contribution in [2.45, 2.75) is 26.9 Å². The maximum Gasteiger partial charge on any atom is 0.347 e. The molecule has 0 N–H and O–H groups in total.